The van der Waals surface area contributed by atoms with Crippen molar-refractivity contribution >= 4 is 5.91 Å². The highest BCUT2D eigenvalue weighted by Crippen LogP contribution is 2.29. The maximum absolute atomic E-state index is 12.2. The topological polar surface area (TPSA) is 100 Å². The van der Waals surface area contributed by atoms with Crippen LogP contribution in [0.1, 0.15) is 73.6 Å². The average Bonchev–Trinajstić information content (AvgIpc) is 2.84. The summed E-state index contributed by atoms with van der Waals surface area (Å²) in [7, 11) is 1.82. The van der Waals surface area contributed by atoms with Crippen molar-refractivity contribution in [1.29, 1.82) is 0 Å². The first-order valence-electron chi connectivity index (χ1n) is 14.3. The van der Waals surface area contributed by atoms with Gasteiger partial charge in [-0.1, -0.05) is 62.8 Å². The largest absolute Gasteiger partial charge is 0.391 e. The fourth-order valence-corrected chi connectivity index (χ4v) is 5.09. The molecule has 0 aliphatic carbocycles. The first-order valence-corrected chi connectivity index (χ1v) is 14.3. The third kappa shape index (κ3) is 10.8. The second-order valence-electron chi connectivity index (χ2n) is 11.6. The van der Waals surface area contributed by atoms with Gasteiger partial charge in [-0.15, -0.1) is 0 Å². The van der Waals surface area contributed by atoms with E-state index in [9.17, 15) is 15.0 Å². The van der Waals surface area contributed by atoms with E-state index in [0.717, 1.165) is 18.4 Å². The van der Waals surface area contributed by atoms with Gasteiger partial charge in [0.25, 0.3) is 0 Å². The van der Waals surface area contributed by atoms with Gasteiger partial charge in [0.15, 0.2) is 6.29 Å². The minimum Gasteiger partial charge on any atom is -0.391 e. The number of likely N-dealkylation sites (N-methyl/N-ethyl adjacent to an activating group) is 1. The fourth-order valence-electron chi connectivity index (χ4n) is 5.09. The Morgan fingerprint density at radius 2 is 1.92 bits per heavy atom. The number of aliphatic hydroxyl groups is 2. The third-order valence-corrected chi connectivity index (χ3v) is 7.93. The maximum atomic E-state index is 12.2. The highest BCUT2D eigenvalue weighted by Gasteiger charge is 2.36. The van der Waals surface area contributed by atoms with E-state index in [1.807, 2.05) is 33.0 Å². The van der Waals surface area contributed by atoms with Crippen molar-refractivity contribution in [3.63, 3.8) is 0 Å². The highest BCUT2D eigenvalue weighted by molar-refractivity contribution is 5.87. The van der Waals surface area contributed by atoms with Gasteiger partial charge in [-0.2, -0.15) is 0 Å². The van der Waals surface area contributed by atoms with Gasteiger partial charge in [0.2, 0.25) is 5.91 Å². The smallest absolute Gasteiger partial charge is 0.243 e. The van der Waals surface area contributed by atoms with Crippen molar-refractivity contribution in [1.82, 2.24) is 10.6 Å². The first kappa shape index (κ1) is 32.4. The Hall–Kier alpha value is -1.77. The van der Waals surface area contributed by atoms with Crippen LogP contribution in [0.5, 0.6) is 0 Å². The summed E-state index contributed by atoms with van der Waals surface area (Å²) in [6.45, 7) is 12.8. The van der Waals surface area contributed by atoms with Crippen molar-refractivity contribution in [3.8, 4) is 0 Å². The molecule has 7 nitrogen and oxygen atoms in total. The van der Waals surface area contributed by atoms with Gasteiger partial charge < -0.3 is 30.3 Å². The Labute approximate surface area is 230 Å². The van der Waals surface area contributed by atoms with E-state index in [0.29, 0.717) is 31.7 Å². The zero-order valence-electron chi connectivity index (χ0n) is 24.5. The Morgan fingerprint density at radius 3 is 2.61 bits per heavy atom. The van der Waals surface area contributed by atoms with E-state index < -0.39 is 18.0 Å². The van der Waals surface area contributed by atoms with E-state index in [1.54, 1.807) is 12.2 Å². The van der Waals surface area contributed by atoms with Crippen molar-refractivity contribution < 1.29 is 24.5 Å². The predicted molar refractivity (Wildman–Crippen MR) is 153 cm³/mol. The van der Waals surface area contributed by atoms with Gasteiger partial charge in [-0.25, -0.2) is 0 Å². The Morgan fingerprint density at radius 1 is 1.18 bits per heavy atom. The van der Waals surface area contributed by atoms with Crippen LogP contribution in [-0.2, 0) is 14.3 Å². The molecule has 0 aromatic rings. The summed E-state index contributed by atoms with van der Waals surface area (Å²) in [5.74, 6) is 0.290. The molecule has 4 N–H and O–H groups in total. The lowest BCUT2D eigenvalue weighted by atomic mass is 9.84. The van der Waals surface area contributed by atoms with Crippen LogP contribution in [0.15, 0.2) is 48.1 Å². The Kier molecular flexibility index (Phi) is 13.4. The standard InChI is InChI=1S/C31H52N2O5/c1-21-16-17-27(38-29-18-26(34)30(32-7)25(5)37-29)23(3)13-9-11-15-28(35)33-20-22(2)12-8-10-14-24(4)31(6,36)19-21/h9-11,13-16,22-27,29-30,32,34,36H,8,12,17-20H2,1-7H3,(H,33,35)/b13-9-,14-10-,15-11-,21-16-/t22-,23-,24+,25+,26-,27-,29-,30+,31-/m0/s1. The van der Waals surface area contributed by atoms with E-state index in [1.165, 1.54) is 0 Å². The van der Waals surface area contributed by atoms with Gasteiger partial charge in [0, 0.05) is 30.9 Å². The lowest BCUT2D eigenvalue weighted by molar-refractivity contribution is -0.241. The summed E-state index contributed by atoms with van der Waals surface area (Å²) in [6.07, 6.45) is 15.6. The third-order valence-electron chi connectivity index (χ3n) is 7.93. The van der Waals surface area contributed by atoms with Crippen LogP contribution in [0.25, 0.3) is 0 Å². The molecular formula is C31H52N2O5. The number of ether oxygens (including phenoxy) is 2. The molecule has 38 heavy (non-hydrogen) atoms. The summed E-state index contributed by atoms with van der Waals surface area (Å²) < 4.78 is 12.5. The Bertz CT molecular complexity index is 837. The number of rotatable bonds is 3. The van der Waals surface area contributed by atoms with E-state index >= 15 is 0 Å². The molecule has 1 fully saturated rings. The molecule has 1 amide bonds. The van der Waals surface area contributed by atoms with Crippen LogP contribution in [0.2, 0.25) is 0 Å². The summed E-state index contributed by atoms with van der Waals surface area (Å²) >= 11 is 0. The van der Waals surface area contributed by atoms with E-state index in [-0.39, 0.29) is 36.0 Å². The molecule has 0 radical (unpaired) electrons. The highest BCUT2D eigenvalue weighted by atomic mass is 16.7. The van der Waals surface area contributed by atoms with Crippen LogP contribution in [0.3, 0.4) is 0 Å². The number of carbonyl (C=O) groups excluding carboxylic acids is 1. The minimum absolute atomic E-state index is 0.00392. The number of hydrogen-bond donors (Lipinski definition) is 4. The van der Waals surface area contributed by atoms with Crippen LogP contribution in [0.4, 0.5) is 0 Å². The summed E-state index contributed by atoms with van der Waals surface area (Å²) in [5.41, 5.74) is 0.242. The molecule has 0 saturated carbocycles. The van der Waals surface area contributed by atoms with Gasteiger partial charge in [0.1, 0.15) is 0 Å². The van der Waals surface area contributed by atoms with Crippen molar-refractivity contribution in [2.75, 3.05) is 13.6 Å². The second kappa shape index (κ2) is 15.7. The molecule has 7 heteroatoms. The molecule has 0 spiro atoms. The maximum Gasteiger partial charge on any atom is 0.243 e. The normalized spacial score (nSPS) is 42.8. The lowest BCUT2D eigenvalue weighted by Crippen LogP contribution is -2.54. The molecule has 0 unspecified atom stereocenters. The number of aliphatic hydroxyl groups excluding tert-OH is 1. The molecular weight excluding hydrogens is 480 g/mol. The fraction of sp³-hybridized carbons (Fsp3) is 0.710. The van der Waals surface area contributed by atoms with Crippen LogP contribution >= 0.6 is 0 Å². The molecule has 2 rings (SSSR count). The monoisotopic (exact) mass is 532 g/mol. The molecule has 1 saturated heterocycles. The van der Waals surface area contributed by atoms with Gasteiger partial charge in [-0.3, -0.25) is 4.79 Å². The number of hydrogen-bond acceptors (Lipinski definition) is 6. The average molecular weight is 533 g/mol. The zero-order chi connectivity index (χ0) is 28.3. The first-order chi connectivity index (χ1) is 17.9. The van der Waals surface area contributed by atoms with Gasteiger partial charge in [0.05, 0.1) is 30.0 Å². The number of allylic oxidation sites excluding steroid dienone is 3. The zero-order valence-corrected chi connectivity index (χ0v) is 24.5. The number of carbonyl (C=O) groups is 1. The van der Waals surface area contributed by atoms with Gasteiger partial charge in [-0.05, 0) is 59.4 Å². The molecule has 0 aromatic heterocycles. The molecule has 216 valence electrons. The van der Waals surface area contributed by atoms with Crippen LogP contribution in [-0.4, -0.2) is 66.0 Å². The summed E-state index contributed by atoms with van der Waals surface area (Å²) in [5, 5.41) is 27.9. The summed E-state index contributed by atoms with van der Waals surface area (Å²) in [4.78, 5) is 12.2. The molecule has 2 aliphatic rings. The van der Waals surface area contributed by atoms with Crippen molar-refractivity contribution in [3.05, 3.63) is 48.1 Å². The quantitative estimate of drug-likeness (QED) is 0.402. The molecule has 9 atom stereocenters. The van der Waals surface area contributed by atoms with E-state index in [4.69, 9.17) is 9.47 Å². The molecule has 2 aliphatic heterocycles. The molecule has 2 heterocycles. The van der Waals surface area contributed by atoms with Crippen molar-refractivity contribution in [2.24, 2.45) is 17.8 Å². The molecule has 0 aromatic carbocycles. The number of nitrogens with one attached hydrogen (secondary N) is 2. The van der Waals surface area contributed by atoms with E-state index in [2.05, 4.69) is 56.6 Å². The summed E-state index contributed by atoms with van der Waals surface area (Å²) in [6, 6.07) is -0.134. The number of amides is 1. The molecule has 0 bridgehead atoms. The van der Waals surface area contributed by atoms with Crippen LogP contribution < -0.4 is 10.6 Å². The van der Waals surface area contributed by atoms with Crippen molar-refractivity contribution in [2.45, 2.75) is 110 Å². The Balaban J connectivity index is 2.23. The van der Waals surface area contributed by atoms with Gasteiger partial charge >= 0.3 is 0 Å². The predicted octanol–water partition coefficient (Wildman–Crippen LogP) is 4.42. The lowest BCUT2D eigenvalue weighted by Gasteiger charge is -2.39. The van der Waals surface area contributed by atoms with Crippen LogP contribution in [0, 0.1) is 17.8 Å². The second-order valence-corrected chi connectivity index (χ2v) is 11.6. The minimum atomic E-state index is -0.863. The SMILES string of the molecule is CN[C@H]1[C@@H](O)C[C@H](O[C@H]2C/C=C(/C)C[C@](C)(O)[C@H](C)/C=C\CC[C@H](C)CNC(=O)/C=C\C=C/[C@@H]2C)O[C@@H]1C.